The number of rotatable bonds is 6. The lowest BCUT2D eigenvalue weighted by atomic mass is 10.0. The molecule has 0 aromatic carbocycles. The van der Waals surface area contributed by atoms with E-state index in [9.17, 15) is 0 Å². The first kappa shape index (κ1) is 12.0. The van der Waals surface area contributed by atoms with E-state index in [1.165, 1.54) is 0 Å². The molecule has 1 aliphatic heterocycles. The van der Waals surface area contributed by atoms with Crippen LogP contribution < -0.4 is 5.32 Å². The van der Waals surface area contributed by atoms with E-state index in [1.54, 1.807) is 0 Å². The summed E-state index contributed by atoms with van der Waals surface area (Å²) in [6.45, 7) is 5.53. The SMILES string of the molecule is CCCNC(CCO)C1CCC(C)O1. The van der Waals surface area contributed by atoms with Gasteiger partial charge in [-0.1, -0.05) is 6.92 Å². The monoisotopic (exact) mass is 201 g/mol. The van der Waals surface area contributed by atoms with Gasteiger partial charge in [0.25, 0.3) is 0 Å². The van der Waals surface area contributed by atoms with Crippen LogP contribution in [0.4, 0.5) is 0 Å². The zero-order chi connectivity index (χ0) is 10.4. The molecule has 2 N–H and O–H groups in total. The summed E-state index contributed by atoms with van der Waals surface area (Å²) in [4.78, 5) is 0. The Kier molecular flexibility index (Phi) is 5.45. The van der Waals surface area contributed by atoms with Crippen molar-refractivity contribution in [2.75, 3.05) is 13.2 Å². The molecule has 0 aromatic heterocycles. The number of ether oxygens (including phenoxy) is 1. The second-order valence-corrected chi connectivity index (χ2v) is 4.14. The molecule has 0 aromatic rings. The van der Waals surface area contributed by atoms with E-state index in [0.717, 1.165) is 32.2 Å². The first-order valence-corrected chi connectivity index (χ1v) is 5.77. The summed E-state index contributed by atoms with van der Waals surface area (Å²) in [6.07, 6.45) is 4.91. The molecular formula is C11H23NO2. The van der Waals surface area contributed by atoms with E-state index < -0.39 is 0 Å². The van der Waals surface area contributed by atoms with E-state index in [4.69, 9.17) is 9.84 Å². The third-order valence-corrected chi connectivity index (χ3v) is 2.81. The Hall–Kier alpha value is -0.120. The summed E-state index contributed by atoms with van der Waals surface area (Å²) < 4.78 is 5.80. The smallest absolute Gasteiger partial charge is 0.0733 e. The maximum atomic E-state index is 8.97. The number of hydrogen-bond donors (Lipinski definition) is 2. The van der Waals surface area contributed by atoms with Gasteiger partial charge in [-0.25, -0.2) is 0 Å². The van der Waals surface area contributed by atoms with Crippen LogP contribution in [0, 0.1) is 0 Å². The van der Waals surface area contributed by atoms with Crippen LogP contribution in [-0.2, 0) is 4.74 Å². The van der Waals surface area contributed by atoms with Gasteiger partial charge in [-0.2, -0.15) is 0 Å². The molecule has 3 atom stereocenters. The molecule has 3 unspecified atom stereocenters. The Morgan fingerprint density at radius 3 is 2.79 bits per heavy atom. The molecule has 0 radical (unpaired) electrons. The summed E-state index contributed by atoms with van der Waals surface area (Å²) >= 11 is 0. The Labute approximate surface area is 86.8 Å². The van der Waals surface area contributed by atoms with Gasteiger partial charge in [-0.3, -0.25) is 0 Å². The summed E-state index contributed by atoms with van der Waals surface area (Å²) in [5.74, 6) is 0. The maximum absolute atomic E-state index is 8.97. The minimum Gasteiger partial charge on any atom is -0.396 e. The fourth-order valence-electron chi connectivity index (χ4n) is 2.02. The van der Waals surface area contributed by atoms with Crippen LogP contribution >= 0.6 is 0 Å². The molecule has 1 fully saturated rings. The van der Waals surface area contributed by atoms with Gasteiger partial charge in [0, 0.05) is 12.6 Å². The highest BCUT2D eigenvalue weighted by Gasteiger charge is 2.28. The molecule has 0 amide bonds. The highest BCUT2D eigenvalue weighted by Crippen LogP contribution is 2.22. The van der Waals surface area contributed by atoms with E-state index in [0.29, 0.717) is 18.2 Å². The molecule has 1 rings (SSSR count). The molecule has 3 nitrogen and oxygen atoms in total. The van der Waals surface area contributed by atoms with Crippen LogP contribution in [0.2, 0.25) is 0 Å². The van der Waals surface area contributed by atoms with Crippen LogP contribution in [0.5, 0.6) is 0 Å². The molecule has 0 saturated carbocycles. The quantitative estimate of drug-likeness (QED) is 0.680. The van der Waals surface area contributed by atoms with Gasteiger partial charge < -0.3 is 15.2 Å². The molecule has 0 bridgehead atoms. The van der Waals surface area contributed by atoms with E-state index in [1.807, 2.05) is 0 Å². The third-order valence-electron chi connectivity index (χ3n) is 2.81. The van der Waals surface area contributed by atoms with Crippen molar-refractivity contribution in [1.82, 2.24) is 5.32 Å². The highest BCUT2D eigenvalue weighted by atomic mass is 16.5. The van der Waals surface area contributed by atoms with Crippen molar-refractivity contribution in [1.29, 1.82) is 0 Å². The zero-order valence-electron chi connectivity index (χ0n) is 9.33. The predicted octanol–water partition coefficient (Wildman–Crippen LogP) is 1.30. The van der Waals surface area contributed by atoms with Crippen molar-refractivity contribution < 1.29 is 9.84 Å². The summed E-state index contributed by atoms with van der Waals surface area (Å²) in [5.41, 5.74) is 0. The highest BCUT2D eigenvalue weighted by molar-refractivity contribution is 4.82. The van der Waals surface area contributed by atoms with E-state index >= 15 is 0 Å². The molecule has 84 valence electrons. The van der Waals surface area contributed by atoms with Crippen LogP contribution in [0.25, 0.3) is 0 Å². The lowest BCUT2D eigenvalue weighted by Gasteiger charge is -2.24. The first-order chi connectivity index (χ1) is 6.77. The van der Waals surface area contributed by atoms with Crippen LogP contribution in [0.15, 0.2) is 0 Å². The van der Waals surface area contributed by atoms with Gasteiger partial charge in [0.1, 0.15) is 0 Å². The first-order valence-electron chi connectivity index (χ1n) is 5.77. The standard InChI is InChI=1S/C11H23NO2/c1-3-7-12-10(6-8-13)11-5-4-9(2)14-11/h9-13H,3-8H2,1-2H3. The van der Waals surface area contributed by atoms with Crippen molar-refractivity contribution >= 4 is 0 Å². The van der Waals surface area contributed by atoms with E-state index in [-0.39, 0.29) is 6.61 Å². The van der Waals surface area contributed by atoms with Gasteiger partial charge >= 0.3 is 0 Å². The van der Waals surface area contributed by atoms with Gasteiger partial charge in [0.05, 0.1) is 12.2 Å². The molecule has 0 aliphatic carbocycles. The minimum absolute atomic E-state index is 0.246. The molecular weight excluding hydrogens is 178 g/mol. The van der Waals surface area contributed by atoms with Crippen LogP contribution in [0.1, 0.15) is 39.5 Å². The normalized spacial score (nSPS) is 29.4. The van der Waals surface area contributed by atoms with Gasteiger partial charge in [-0.15, -0.1) is 0 Å². The van der Waals surface area contributed by atoms with Crippen molar-refractivity contribution in [3.05, 3.63) is 0 Å². The van der Waals surface area contributed by atoms with E-state index in [2.05, 4.69) is 19.2 Å². The van der Waals surface area contributed by atoms with Gasteiger partial charge in [-0.05, 0) is 39.2 Å². The van der Waals surface area contributed by atoms with Crippen molar-refractivity contribution in [2.45, 2.75) is 57.8 Å². The van der Waals surface area contributed by atoms with Crippen molar-refractivity contribution in [2.24, 2.45) is 0 Å². The Balaban J connectivity index is 2.33. The maximum Gasteiger partial charge on any atom is 0.0733 e. The molecule has 1 saturated heterocycles. The number of aliphatic hydroxyl groups excluding tert-OH is 1. The predicted molar refractivity (Wildman–Crippen MR) is 57.4 cm³/mol. The van der Waals surface area contributed by atoms with Crippen molar-refractivity contribution in [3.63, 3.8) is 0 Å². The van der Waals surface area contributed by atoms with Gasteiger partial charge in [0.15, 0.2) is 0 Å². The number of aliphatic hydroxyl groups is 1. The average Bonchev–Trinajstić information content (AvgIpc) is 2.59. The largest absolute Gasteiger partial charge is 0.396 e. The second-order valence-electron chi connectivity index (χ2n) is 4.14. The van der Waals surface area contributed by atoms with Crippen LogP contribution in [0.3, 0.4) is 0 Å². The summed E-state index contributed by atoms with van der Waals surface area (Å²) in [6, 6.07) is 0.338. The minimum atomic E-state index is 0.246. The average molecular weight is 201 g/mol. The fraction of sp³-hybridized carbons (Fsp3) is 1.00. The van der Waals surface area contributed by atoms with Crippen LogP contribution in [-0.4, -0.2) is 36.5 Å². The fourth-order valence-corrected chi connectivity index (χ4v) is 2.02. The Morgan fingerprint density at radius 2 is 2.29 bits per heavy atom. The van der Waals surface area contributed by atoms with Crippen molar-refractivity contribution in [3.8, 4) is 0 Å². The summed E-state index contributed by atoms with van der Waals surface area (Å²) in [7, 11) is 0. The number of nitrogens with one attached hydrogen (secondary N) is 1. The molecule has 14 heavy (non-hydrogen) atoms. The summed E-state index contributed by atoms with van der Waals surface area (Å²) in [5, 5.41) is 12.4. The molecule has 0 spiro atoms. The third kappa shape index (κ3) is 3.56. The topological polar surface area (TPSA) is 41.5 Å². The zero-order valence-corrected chi connectivity index (χ0v) is 9.33. The Bertz CT molecular complexity index is 152. The molecule has 1 aliphatic rings. The number of hydrogen-bond acceptors (Lipinski definition) is 3. The van der Waals surface area contributed by atoms with Gasteiger partial charge in [0.2, 0.25) is 0 Å². The molecule has 1 heterocycles. The lowest BCUT2D eigenvalue weighted by Crippen LogP contribution is -2.41. The Morgan fingerprint density at radius 1 is 1.50 bits per heavy atom. The second kappa shape index (κ2) is 6.38. The molecule has 3 heteroatoms. The lowest BCUT2D eigenvalue weighted by molar-refractivity contribution is 0.0261.